The molecule has 0 N–H and O–H groups in total. The van der Waals surface area contributed by atoms with Crippen LogP contribution < -0.4 is 0 Å². The number of rotatable bonds is 5. The average Bonchev–Trinajstić information content (AvgIpc) is 2.04. The van der Waals surface area contributed by atoms with Gasteiger partial charge in [-0.15, -0.1) is 6.58 Å². The van der Waals surface area contributed by atoms with Crippen molar-refractivity contribution in [3.8, 4) is 0 Å². The molecular formula is C13H20. The van der Waals surface area contributed by atoms with Crippen LogP contribution in [0.5, 0.6) is 0 Å². The van der Waals surface area contributed by atoms with Gasteiger partial charge in [-0.2, -0.15) is 0 Å². The maximum atomic E-state index is 3.66. The van der Waals surface area contributed by atoms with Crippen molar-refractivity contribution in [2.24, 2.45) is 0 Å². The minimum absolute atomic E-state index is 0.952. The van der Waals surface area contributed by atoms with Crippen molar-refractivity contribution in [1.29, 1.82) is 0 Å². The Morgan fingerprint density at radius 2 is 1.77 bits per heavy atom. The Kier molecular flexibility index (Phi) is 6.99. The molecule has 0 aromatic carbocycles. The minimum atomic E-state index is 0.952. The van der Waals surface area contributed by atoms with Gasteiger partial charge in [0.15, 0.2) is 0 Å². The summed E-state index contributed by atoms with van der Waals surface area (Å²) < 4.78 is 0. The maximum Gasteiger partial charge on any atom is -0.0161 e. The van der Waals surface area contributed by atoms with Crippen molar-refractivity contribution in [2.45, 2.75) is 33.6 Å². The highest BCUT2D eigenvalue weighted by molar-refractivity contribution is 5.18. The van der Waals surface area contributed by atoms with Gasteiger partial charge in [-0.25, -0.2) is 0 Å². The van der Waals surface area contributed by atoms with E-state index in [1.165, 1.54) is 11.1 Å². The SMILES string of the molecule is CC(C)=CCC=C(C)C=CCC=[13CH2]. The Hall–Kier alpha value is -1.04. The first-order chi connectivity index (χ1) is 6.16. The van der Waals surface area contributed by atoms with Crippen LogP contribution in [0.2, 0.25) is 0 Å². The van der Waals surface area contributed by atoms with Crippen LogP contribution in [0, 0.1) is 0 Å². The van der Waals surface area contributed by atoms with Crippen molar-refractivity contribution >= 4 is 0 Å². The molecule has 0 heterocycles. The molecule has 0 heteroatoms. The minimum Gasteiger partial charge on any atom is -0.103 e. The quantitative estimate of drug-likeness (QED) is 0.331. The van der Waals surface area contributed by atoms with E-state index in [0.717, 1.165) is 12.8 Å². The Labute approximate surface area is 82.4 Å². The summed E-state index contributed by atoms with van der Waals surface area (Å²) in [6.07, 6.45) is 12.6. The Morgan fingerprint density at radius 3 is 2.31 bits per heavy atom. The molecule has 0 aromatic rings. The van der Waals surface area contributed by atoms with Crippen molar-refractivity contribution in [1.82, 2.24) is 0 Å². The van der Waals surface area contributed by atoms with Crippen LogP contribution in [-0.2, 0) is 0 Å². The summed E-state index contributed by atoms with van der Waals surface area (Å²) in [4.78, 5) is 0. The van der Waals surface area contributed by atoms with E-state index < -0.39 is 0 Å². The van der Waals surface area contributed by atoms with Gasteiger partial charge in [0.05, 0.1) is 0 Å². The highest BCUT2D eigenvalue weighted by Gasteiger charge is 1.80. The van der Waals surface area contributed by atoms with Gasteiger partial charge in [0.25, 0.3) is 0 Å². The highest BCUT2D eigenvalue weighted by Crippen LogP contribution is 2.01. The lowest BCUT2D eigenvalue weighted by atomic mass is 10.2. The van der Waals surface area contributed by atoms with Crippen molar-refractivity contribution in [3.63, 3.8) is 0 Å². The van der Waals surface area contributed by atoms with Crippen molar-refractivity contribution < 1.29 is 0 Å². The zero-order valence-corrected chi connectivity index (χ0v) is 9.01. The number of allylic oxidation sites excluding steroid dienone is 7. The highest BCUT2D eigenvalue weighted by atomic mass is 13.9. The summed E-state index contributed by atoms with van der Waals surface area (Å²) in [7, 11) is 0. The molecule has 0 amide bonds. The van der Waals surface area contributed by atoms with Crippen LogP contribution >= 0.6 is 0 Å². The molecule has 72 valence electrons. The number of hydrogen-bond acceptors (Lipinski definition) is 0. The normalized spacial score (nSPS) is 11.8. The third-order valence-electron chi connectivity index (χ3n) is 1.65. The molecule has 0 aliphatic heterocycles. The second-order valence-corrected chi connectivity index (χ2v) is 3.39. The summed E-state index contributed by atoms with van der Waals surface area (Å²) in [6.45, 7) is 10.0. The summed E-state index contributed by atoms with van der Waals surface area (Å²) in [5.41, 5.74) is 2.69. The monoisotopic (exact) mass is 177 g/mol. The van der Waals surface area contributed by atoms with E-state index in [9.17, 15) is 0 Å². The van der Waals surface area contributed by atoms with E-state index >= 15 is 0 Å². The first-order valence-corrected chi connectivity index (χ1v) is 4.74. The summed E-state index contributed by atoms with van der Waals surface area (Å²) >= 11 is 0. The molecule has 0 nitrogen and oxygen atoms in total. The molecule has 0 radical (unpaired) electrons. The van der Waals surface area contributed by atoms with E-state index in [0.29, 0.717) is 0 Å². The largest absolute Gasteiger partial charge is 0.103 e. The van der Waals surface area contributed by atoms with Gasteiger partial charge in [0.1, 0.15) is 0 Å². The third kappa shape index (κ3) is 8.87. The zero-order valence-electron chi connectivity index (χ0n) is 9.01. The van der Waals surface area contributed by atoms with Crippen LogP contribution in [0.25, 0.3) is 0 Å². The van der Waals surface area contributed by atoms with Crippen LogP contribution in [0.1, 0.15) is 33.6 Å². The molecule has 0 bridgehead atoms. The smallest absolute Gasteiger partial charge is 0.0161 e. The van der Waals surface area contributed by atoms with Crippen LogP contribution in [-0.4, -0.2) is 0 Å². The molecule has 0 saturated carbocycles. The standard InChI is InChI=1S/C13H20/c1-5-6-7-10-13(4)11-8-9-12(2)3/h5,7,9-11H,1,6,8H2,2-4H3/i1+1. The molecule has 13 heavy (non-hydrogen) atoms. The Bertz CT molecular complexity index is 222. The van der Waals surface area contributed by atoms with E-state index in [-0.39, 0.29) is 0 Å². The van der Waals surface area contributed by atoms with Crippen molar-refractivity contribution in [2.75, 3.05) is 0 Å². The zero-order chi connectivity index (χ0) is 10.1. The van der Waals surface area contributed by atoms with Gasteiger partial charge < -0.3 is 0 Å². The second-order valence-electron chi connectivity index (χ2n) is 3.39. The lowest BCUT2D eigenvalue weighted by Gasteiger charge is -1.91. The molecule has 0 atom stereocenters. The molecule has 0 unspecified atom stereocenters. The Balaban J connectivity index is 3.88. The fourth-order valence-electron chi connectivity index (χ4n) is 0.899. The Morgan fingerprint density at radius 1 is 1.08 bits per heavy atom. The fraction of sp³-hybridized carbons (Fsp3) is 0.385. The first-order valence-electron chi connectivity index (χ1n) is 4.74. The molecule has 0 rings (SSSR count). The first kappa shape index (κ1) is 12.0. The van der Waals surface area contributed by atoms with Gasteiger partial charge in [-0.05, 0) is 33.6 Å². The second kappa shape index (κ2) is 7.60. The van der Waals surface area contributed by atoms with Crippen molar-refractivity contribution in [3.05, 3.63) is 48.1 Å². The van der Waals surface area contributed by atoms with Gasteiger partial charge in [0.2, 0.25) is 0 Å². The summed E-state index contributed by atoms with van der Waals surface area (Å²) in [6, 6.07) is 0. The lowest BCUT2D eigenvalue weighted by Crippen LogP contribution is -1.70. The molecule has 0 aliphatic rings. The number of hydrogen-bond donors (Lipinski definition) is 0. The molecule has 0 aliphatic carbocycles. The van der Waals surface area contributed by atoms with E-state index in [1.807, 2.05) is 6.08 Å². The predicted molar refractivity (Wildman–Crippen MR) is 61.8 cm³/mol. The molecular weight excluding hydrogens is 157 g/mol. The molecule has 0 aromatic heterocycles. The lowest BCUT2D eigenvalue weighted by molar-refractivity contribution is 1.25. The van der Waals surface area contributed by atoms with E-state index in [2.05, 4.69) is 51.7 Å². The molecule has 0 fully saturated rings. The van der Waals surface area contributed by atoms with Crippen LogP contribution in [0.3, 0.4) is 0 Å². The fourth-order valence-corrected chi connectivity index (χ4v) is 0.899. The van der Waals surface area contributed by atoms with Gasteiger partial charge in [0, 0.05) is 0 Å². The average molecular weight is 177 g/mol. The summed E-state index contributed by atoms with van der Waals surface area (Å²) in [5.74, 6) is 0. The maximum absolute atomic E-state index is 3.66. The summed E-state index contributed by atoms with van der Waals surface area (Å²) in [5, 5.41) is 0. The third-order valence-corrected chi connectivity index (χ3v) is 1.65. The molecule has 0 spiro atoms. The van der Waals surface area contributed by atoms with Crippen LogP contribution in [0.15, 0.2) is 48.1 Å². The topological polar surface area (TPSA) is 0 Å². The molecule has 0 saturated heterocycles. The van der Waals surface area contributed by atoms with Gasteiger partial charge >= 0.3 is 0 Å². The predicted octanol–water partition coefficient (Wildman–Crippen LogP) is 4.42. The van der Waals surface area contributed by atoms with Crippen LogP contribution in [0.4, 0.5) is 0 Å². The van der Waals surface area contributed by atoms with Gasteiger partial charge in [-0.3, -0.25) is 0 Å². The van der Waals surface area contributed by atoms with E-state index in [1.54, 1.807) is 0 Å². The van der Waals surface area contributed by atoms with Gasteiger partial charge in [-0.1, -0.05) is 41.5 Å². The van der Waals surface area contributed by atoms with E-state index in [4.69, 9.17) is 0 Å².